The molecule has 1 unspecified atom stereocenters. The molecule has 0 radical (unpaired) electrons. The largest absolute Gasteiger partial charge is 0.287 e. The molecule has 2 rings (SSSR count). The monoisotopic (exact) mass is 206 g/mol. The van der Waals surface area contributed by atoms with Gasteiger partial charge in [-0.2, -0.15) is 0 Å². The molecule has 14 heavy (non-hydrogen) atoms. The molecule has 1 atom stereocenters. The average molecular weight is 206 g/mol. The summed E-state index contributed by atoms with van der Waals surface area (Å²) in [5.74, 6) is -0.199. The summed E-state index contributed by atoms with van der Waals surface area (Å²) in [6.45, 7) is 2.48. The first-order valence-corrected chi connectivity index (χ1v) is 4.93. The highest BCUT2D eigenvalue weighted by Gasteiger charge is 2.32. The molecule has 0 saturated heterocycles. The minimum Gasteiger partial charge on any atom is -0.287 e. The second-order valence-electron chi connectivity index (χ2n) is 3.12. The first-order chi connectivity index (χ1) is 6.74. The van der Waals surface area contributed by atoms with Crippen LogP contribution < -0.4 is 0 Å². The fraction of sp³-hybridized carbons (Fsp3) is 0.300. The predicted molar refractivity (Wildman–Crippen MR) is 59.2 cm³/mol. The molecular formula is C10H10N2OS. The van der Waals surface area contributed by atoms with Crippen LogP contribution in [-0.2, 0) is 4.79 Å². The van der Waals surface area contributed by atoms with Crippen LogP contribution >= 0.6 is 12.2 Å². The summed E-state index contributed by atoms with van der Waals surface area (Å²) in [6.07, 6.45) is 7.42. The molecule has 4 heteroatoms. The lowest BCUT2D eigenvalue weighted by atomic mass is 9.95. The van der Waals surface area contributed by atoms with E-state index in [1.54, 1.807) is 0 Å². The van der Waals surface area contributed by atoms with Crippen molar-refractivity contribution in [2.45, 2.75) is 6.92 Å². The maximum Gasteiger partial charge on any atom is 0.241 e. The molecule has 0 spiro atoms. The summed E-state index contributed by atoms with van der Waals surface area (Å²) in [7, 11) is 0. The van der Waals surface area contributed by atoms with E-state index in [1.165, 1.54) is 4.90 Å². The number of carbonyl (C=O) groups is 1. The average Bonchev–Trinajstić information content (AvgIpc) is 2.18. The lowest BCUT2D eigenvalue weighted by molar-refractivity contribution is -0.128. The van der Waals surface area contributed by atoms with Gasteiger partial charge in [0.05, 0.1) is 11.6 Å². The third kappa shape index (κ3) is 1.32. The Labute approximate surface area is 87.8 Å². The maximum atomic E-state index is 11.9. The van der Waals surface area contributed by atoms with E-state index in [-0.39, 0.29) is 11.8 Å². The Hall–Kier alpha value is -1.29. The third-order valence-corrected chi connectivity index (χ3v) is 2.62. The first kappa shape index (κ1) is 9.27. The molecule has 0 aromatic heterocycles. The van der Waals surface area contributed by atoms with Crippen molar-refractivity contribution in [1.29, 1.82) is 0 Å². The molecule has 1 aliphatic heterocycles. The van der Waals surface area contributed by atoms with E-state index in [1.807, 2.05) is 31.2 Å². The second kappa shape index (κ2) is 3.46. The van der Waals surface area contributed by atoms with E-state index in [9.17, 15) is 4.79 Å². The molecule has 2 aliphatic rings. The number of thiocarbonyl (C=S) groups is 1. The lowest BCUT2D eigenvalue weighted by Gasteiger charge is -2.29. The van der Waals surface area contributed by atoms with Gasteiger partial charge in [0.15, 0.2) is 0 Å². The summed E-state index contributed by atoms with van der Waals surface area (Å²) in [4.78, 5) is 17.6. The Morgan fingerprint density at radius 3 is 3.07 bits per heavy atom. The number of hydrogen-bond donors (Lipinski definition) is 0. The molecular weight excluding hydrogens is 196 g/mol. The number of amides is 1. The standard InChI is InChI=1S/C10H10N2OS/c1-2-12-9(13)7-5-3-4-6-8(7)11-10(12)14/h3-7H,2H2,1H3. The Balaban J connectivity index is 2.41. The maximum absolute atomic E-state index is 11.9. The molecule has 0 fully saturated rings. The molecule has 0 saturated carbocycles. The lowest BCUT2D eigenvalue weighted by Crippen LogP contribution is -2.45. The molecule has 0 N–H and O–H groups in total. The zero-order chi connectivity index (χ0) is 10.1. The van der Waals surface area contributed by atoms with E-state index in [2.05, 4.69) is 4.99 Å². The predicted octanol–water partition coefficient (Wildman–Crippen LogP) is 1.32. The van der Waals surface area contributed by atoms with Gasteiger partial charge in [0.25, 0.3) is 0 Å². The van der Waals surface area contributed by atoms with Crippen molar-refractivity contribution >= 4 is 28.9 Å². The van der Waals surface area contributed by atoms with Gasteiger partial charge in [-0.15, -0.1) is 0 Å². The number of allylic oxidation sites excluding steroid dienone is 3. The Morgan fingerprint density at radius 2 is 2.36 bits per heavy atom. The zero-order valence-corrected chi connectivity index (χ0v) is 8.62. The summed E-state index contributed by atoms with van der Waals surface area (Å²) in [5.41, 5.74) is 0.757. The third-order valence-electron chi connectivity index (χ3n) is 2.30. The van der Waals surface area contributed by atoms with E-state index < -0.39 is 0 Å². The quantitative estimate of drug-likeness (QED) is 0.606. The van der Waals surface area contributed by atoms with Gasteiger partial charge in [0, 0.05) is 6.54 Å². The Morgan fingerprint density at radius 1 is 1.57 bits per heavy atom. The highest BCUT2D eigenvalue weighted by molar-refractivity contribution is 7.80. The zero-order valence-electron chi connectivity index (χ0n) is 7.80. The fourth-order valence-electron chi connectivity index (χ4n) is 1.57. The summed E-state index contributed by atoms with van der Waals surface area (Å²) in [6, 6.07) is 0. The highest BCUT2D eigenvalue weighted by Crippen LogP contribution is 2.19. The van der Waals surface area contributed by atoms with Crippen molar-refractivity contribution in [3.63, 3.8) is 0 Å². The van der Waals surface area contributed by atoms with E-state index in [0.29, 0.717) is 11.7 Å². The minimum absolute atomic E-state index is 0.0306. The van der Waals surface area contributed by atoms with Crippen LogP contribution in [-0.4, -0.2) is 28.2 Å². The van der Waals surface area contributed by atoms with Crippen LogP contribution in [0.15, 0.2) is 29.3 Å². The van der Waals surface area contributed by atoms with E-state index in [4.69, 9.17) is 12.2 Å². The Kier molecular flexibility index (Phi) is 2.29. The summed E-state index contributed by atoms with van der Waals surface area (Å²) < 4.78 is 0. The molecule has 1 heterocycles. The van der Waals surface area contributed by atoms with Crippen molar-refractivity contribution in [1.82, 2.24) is 4.90 Å². The molecule has 3 nitrogen and oxygen atoms in total. The Bertz CT molecular complexity index is 382. The number of carbonyl (C=O) groups excluding carboxylic acids is 1. The van der Waals surface area contributed by atoms with Crippen molar-refractivity contribution < 1.29 is 4.79 Å². The van der Waals surface area contributed by atoms with Crippen molar-refractivity contribution in [3.05, 3.63) is 24.3 Å². The highest BCUT2D eigenvalue weighted by atomic mass is 32.1. The van der Waals surface area contributed by atoms with Crippen LogP contribution in [0, 0.1) is 5.92 Å². The van der Waals surface area contributed by atoms with E-state index in [0.717, 1.165) is 5.71 Å². The van der Waals surface area contributed by atoms with Gasteiger partial charge < -0.3 is 0 Å². The summed E-state index contributed by atoms with van der Waals surface area (Å²) in [5, 5.41) is 0.378. The molecule has 0 aromatic rings. The summed E-state index contributed by atoms with van der Waals surface area (Å²) >= 11 is 5.03. The minimum atomic E-state index is -0.230. The second-order valence-corrected chi connectivity index (χ2v) is 3.49. The van der Waals surface area contributed by atoms with Gasteiger partial charge in [-0.25, -0.2) is 4.99 Å². The molecule has 1 aliphatic carbocycles. The normalized spacial score (nSPS) is 25.1. The first-order valence-electron chi connectivity index (χ1n) is 4.53. The number of fused-ring (bicyclic) bond motifs is 1. The van der Waals surface area contributed by atoms with Gasteiger partial charge in [-0.3, -0.25) is 9.69 Å². The van der Waals surface area contributed by atoms with Crippen LogP contribution in [0.1, 0.15) is 6.92 Å². The number of hydrogen-bond acceptors (Lipinski definition) is 2. The fourth-order valence-corrected chi connectivity index (χ4v) is 1.90. The molecule has 72 valence electrons. The van der Waals surface area contributed by atoms with Crippen LogP contribution in [0.25, 0.3) is 0 Å². The topological polar surface area (TPSA) is 32.7 Å². The van der Waals surface area contributed by atoms with Gasteiger partial charge in [0.1, 0.15) is 0 Å². The molecule has 0 bridgehead atoms. The van der Waals surface area contributed by atoms with Gasteiger partial charge in [-0.1, -0.05) is 18.2 Å². The van der Waals surface area contributed by atoms with Crippen molar-refractivity contribution in [2.24, 2.45) is 10.9 Å². The SMILES string of the molecule is CCN1C(=O)C2C=CC=CC2=NC1=S. The molecule has 0 aromatic carbocycles. The smallest absolute Gasteiger partial charge is 0.241 e. The number of aliphatic imine (C=N–C) groups is 1. The van der Waals surface area contributed by atoms with Gasteiger partial charge >= 0.3 is 0 Å². The van der Waals surface area contributed by atoms with Crippen LogP contribution in [0.2, 0.25) is 0 Å². The van der Waals surface area contributed by atoms with Gasteiger partial charge in [0.2, 0.25) is 11.0 Å². The van der Waals surface area contributed by atoms with Crippen molar-refractivity contribution in [2.75, 3.05) is 6.54 Å². The van der Waals surface area contributed by atoms with Crippen LogP contribution in [0.4, 0.5) is 0 Å². The molecule has 1 amide bonds. The van der Waals surface area contributed by atoms with Crippen molar-refractivity contribution in [3.8, 4) is 0 Å². The van der Waals surface area contributed by atoms with E-state index >= 15 is 0 Å². The number of rotatable bonds is 1. The number of nitrogens with zero attached hydrogens (tertiary/aromatic N) is 2. The van der Waals surface area contributed by atoms with Gasteiger partial charge in [-0.05, 0) is 25.2 Å². The van der Waals surface area contributed by atoms with Crippen LogP contribution in [0.5, 0.6) is 0 Å². The van der Waals surface area contributed by atoms with Crippen LogP contribution in [0.3, 0.4) is 0 Å².